The number of hydrogen-bond donors (Lipinski definition) is 0. The van der Waals surface area contributed by atoms with Crippen molar-refractivity contribution >= 4 is 44.1 Å². The molecule has 0 bridgehead atoms. The molecule has 1 nitrogen and oxygen atoms in total. The average molecular weight is 375 g/mol. The van der Waals surface area contributed by atoms with Gasteiger partial charge in [-0.2, -0.15) is 0 Å². The van der Waals surface area contributed by atoms with Crippen LogP contribution in [-0.2, 0) is 4.74 Å². The van der Waals surface area contributed by atoms with Crippen LogP contribution < -0.4 is 15.8 Å². The van der Waals surface area contributed by atoms with Crippen LogP contribution in [0.25, 0.3) is 0 Å². The molecule has 0 aromatic carbocycles. The number of rotatable bonds is 2. The third-order valence-electron chi connectivity index (χ3n) is 0.354. The number of thiocarbonyl (C=S) groups is 1. The van der Waals surface area contributed by atoms with Crippen molar-refractivity contribution in [3.05, 3.63) is 0 Å². The van der Waals surface area contributed by atoms with E-state index in [1.54, 1.807) is 8.93 Å². The third-order valence-corrected chi connectivity index (χ3v) is 6.97. The molecular formula is C3H5I2OS2-. The number of hydrogen-bond acceptors (Lipinski definition) is 3. The molecule has 0 amide bonds. The monoisotopic (exact) mass is 375 g/mol. The Balaban J connectivity index is 3.06. The van der Waals surface area contributed by atoms with Crippen molar-refractivity contribution in [3.63, 3.8) is 0 Å². The van der Waals surface area contributed by atoms with Crippen molar-refractivity contribution in [1.29, 1.82) is 0 Å². The predicted molar refractivity (Wildman–Crippen MR) is 45.8 cm³/mol. The molecule has 5 heteroatoms. The Labute approximate surface area is 77.2 Å². The molecule has 0 radical (unpaired) electrons. The quantitative estimate of drug-likeness (QED) is 0.471. The maximum absolute atomic E-state index is 5.00. The Morgan fingerprint density at radius 1 is 2.00 bits per heavy atom. The molecule has 0 saturated heterocycles. The normalized spacial score (nSPS) is 9.25. The second kappa shape index (κ2) is 6.81. The summed E-state index contributed by atoms with van der Waals surface area (Å²) in [6.45, 7) is 2.64. The summed E-state index contributed by atoms with van der Waals surface area (Å²) in [5.74, 6) is 0. The van der Waals surface area contributed by atoms with Crippen molar-refractivity contribution in [2.45, 2.75) is 6.92 Å². The zero-order valence-electron chi connectivity index (χ0n) is 4.19. The SMILES string of the molecule is CCOC(=S)S[I-]I. The molecule has 0 rings (SSSR count). The van der Waals surface area contributed by atoms with E-state index in [9.17, 15) is 0 Å². The minimum absolute atomic E-state index is 0.175. The van der Waals surface area contributed by atoms with Crippen molar-refractivity contribution in [2.75, 3.05) is 6.61 Å². The molecular weight excluding hydrogens is 370 g/mol. The number of halogens is 2. The molecule has 0 aromatic heterocycles. The van der Waals surface area contributed by atoms with Crippen LogP contribution in [0.2, 0.25) is 0 Å². The Morgan fingerprint density at radius 3 is 3.00 bits per heavy atom. The fourth-order valence-corrected chi connectivity index (χ4v) is 7.23. The molecule has 0 aliphatic carbocycles. The first-order valence-electron chi connectivity index (χ1n) is 1.91. The van der Waals surface area contributed by atoms with Crippen LogP contribution in [-0.4, -0.2) is 11.0 Å². The summed E-state index contributed by atoms with van der Waals surface area (Å²) in [4.78, 5) is 0. The first-order chi connectivity index (χ1) is 3.81. The Kier molecular flexibility index (Phi) is 8.26. The third kappa shape index (κ3) is 5.83. The van der Waals surface area contributed by atoms with Crippen molar-refractivity contribution in [1.82, 2.24) is 0 Å². The van der Waals surface area contributed by atoms with Crippen molar-refractivity contribution in [3.8, 4) is 0 Å². The van der Waals surface area contributed by atoms with E-state index in [2.05, 4.69) is 18.6 Å². The molecule has 0 fully saturated rings. The van der Waals surface area contributed by atoms with Gasteiger partial charge in [0.1, 0.15) is 0 Å². The summed E-state index contributed by atoms with van der Waals surface area (Å²) in [6.07, 6.45) is 0. The van der Waals surface area contributed by atoms with Gasteiger partial charge in [-0.3, -0.25) is 0 Å². The first kappa shape index (κ1) is 9.70. The maximum atomic E-state index is 5.00. The Hall–Kier alpha value is 1.70. The van der Waals surface area contributed by atoms with Gasteiger partial charge in [0.15, 0.2) is 0 Å². The molecule has 0 N–H and O–H groups in total. The minimum atomic E-state index is 0.175. The van der Waals surface area contributed by atoms with E-state index in [-0.39, 0.29) is 15.8 Å². The molecule has 0 aliphatic rings. The van der Waals surface area contributed by atoms with Gasteiger partial charge < -0.3 is 0 Å². The van der Waals surface area contributed by atoms with Gasteiger partial charge in [-0.25, -0.2) is 0 Å². The van der Waals surface area contributed by atoms with E-state index < -0.39 is 0 Å². The molecule has 0 heterocycles. The molecule has 0 spiro atoms. The summed E-state index contributed by atoms with van der Waals surface area (Å²) in [5.41, 5.74) is 0. The molecule has 8 heavy (non-hydrogen) atoms. The summed E-state index contributed by atoms with van der Waals surface area (Å²) in [6, 6.07) is 0. The Morgan fingerprint density at radius 2 is 2.62 bits per heavy atom. The van der Waals surface area contributed by atoms with Crippen molar-refractivity contribution in [2.24, 2.45) is 0 Å². The first-order valence-corrected chi connectivity index (χ1v) is 12.0. The van der Waals surface area contributed by atoms with E-state index in [0.717, 1.165) is 0 Å². The molecule has 0 aromatic rings. The van der Waals surface area contributed by atoms with Gasteiger partial charge in [0.05, 0.1) is 0 Å². The van der Waals surface area contributed by atoms with Crippen LogP contribution in [0.4, 0.5) is 0 Å². The summed E-state index contributed by atoms with van der Waals surface area (Å²) < 4.78 is 5.70. The Bertz CT molecular complexity index is 69.7. The van der Waals surface area contributed by atoms with Crippen LogP contribution in [0.1, 0.15) is 6.92 Å². The number of ether oxygens (including phenoxy) is 1. The molecule has 0 aliphatic heterocycles. The zero-order chi connectivity index (χ0) is 6.41. The van der Waals surface area contributed by atoms with Crippen molar-refractivity contribution < 1.29 is 20.6 Å². The van der Waals surface area contributed by atoms with Gasteiger partial charge in [-0.1, -0.05) is 0 Å². The van der Waals surface area contributed by atoms with Gasteiger partial charge in [-0.05, 0) is 0 Å². The van der Waals surface area contributed by atoms with E-state index in [1.807, 2.05) is 6.92 Å². The average Bonchev–Trinajstić information content (AvgIpc) is 1.68. The van der Waals surface area contributed by atoms with Crippen LogP contribution in [0.5, 0.6) is 0 Å². The summed E-state index contributed by atoms with van der Waals surface area (Å²) in [5, 5.41) is 0. The second-order valence-electron chi connectivity index (χ2n) is 0.818. The molecule has 50 valence electrons. The summed E-state index contributed by atoms with van der Waals surface area (Å²) in [7, 11) is 1.66. The summed E-state index contributed by atoms with van der Waals surface area (Å²) >= 11 is 7.34. The standard InChI is InChI=1S/C3H5I2OS2/c1-2-6-3(7)8-5-4/h2H2,1H3/q-1. The van der Waals surface area contributed by atoms with E-state index in [0.29, 0.717) is 11.0 Å². The van der Waals surface area contributed by atoms with E-state index in [1.165, 1.54) is 0 Å². The predicted octanol–water partition coefficient (Wildman–Crippen LogP) is -0.605. The second-order valence-corrected chi connectivity index (χ2v) is 11.1. The van der Waals surface area contributed by atoms with Gasteiger partial charge in [0.2, 0.25) is 0 Å². The molecule has 0 atom stereocenters. The van der Waals surface area contributed by atoms with Crippen LogP contribution >= 0.6 is 39.8 Å². The van der Waals surface area contributed by atoms with Gasteiger partial charge >= 0.3 is 78.3 Å². The topological polar surface area (TPSA) is 9.23 Å². The fraction of sp³-hybridized carbons (Fsp3) is 0.667. The van der Waals surface area contributed by atoms with Gasteiger partial charge in [-0.15, -0.1) is 0 Å². The fourth-order valence-electron chi connectivity index (χ4n) is 0.164. The van der Waals surface area contributed by atoms with Gasteiger partial charge in [0, 0.05) is 0 Å². The van der Waals surface area contributed by atoms with Crippen LogP contribution in [0.15, 0.2) is 0 Å². The van der Waals surface area contributed by atoms with Gasteiger partial charge in [0.25, 0.3) is 0 Å². The van der Waals surface area contributed by atoms with E-state index >= 15 is 0 Å². The van der Waals surface area contributed by atoms with E-state index in [4.69, 9.17) is 17.0 Å². The van der Waals surface area contributed by atoms with Crippen LogP contribution in [0.3, 0.4) is 0 Å². The molecule has 0 saturated carbocycles. The zero-order valence-corrected chi connectivity index (χ0v) is 10.1. The van der Waals surface area contributed by atoms with Crippen LogP contribution in [0, 0.1) is 0 Å². The molecule has 0 unspecified atom stereocenters.